The van der Waals surface area contributed by atoms with Crippen molar-refractivity contribution >= 4 is 17.7 Å². The SMILES string of the molecule is CSCCCCCNC(=O)C1CCC(N)C(C)C1(C)C. The van der Waals surface area contributed by atoms with Gasteiger partial charge in [0.1, 0.15) is 0 Å². The van der Waals surface area contributed by atoms with Crippen LogP contribution in [0.5, 0.6) is 0 Å². The fourth-order valence-corrected chi connectivity index (χ4v) is 3.69. The lowest BCUT2D eigenvalue weighted by atomic mass is 9.61. The number of thioether (sulfide) groups is 1. The number of hydrogen-bond acceptors (Lipinski definition) is 3. The molecule has 0 bridgehead atoms. The van der Waals surface area contributed by atoms with E-state index in [1.165, 1.54) is 18.6 Å². The molecular weight excluding hydrogens is 268 g/mol. The first kappa shape index (κ1) is 17.8. The molecule has 0 aromatic heterocycles. The van der Waals surface area contributed by atoms with Gasteiger partial charge in [0.25, 0.3) is 0 Å². The van der Waals surface area contributed by atoms with Crippen molar-refractivity contribution in [2.24, 2.45) is 23.0 Å². The van der Waals surface area contributed by atoms with Crippen molar-refractivity contribution in [3.8, 4) is 0 Å². The standard InChI is InChI=1S/C16H32N2OS/c1-12-14(17)9-8-13(16(12,2)3)15(19)18-10-6-5-7-11-20-4/h12-14H,5-11,17H2,1-4H3,(H,18,19). The van der Waals surface area contributed by atoms with Gasteiger partial charge < -0.3 is 11.1 Å². The zero-order chi connectivity index (χ0) is 15.2. The normalized spacial score (nSPS) is 29.1. The number of unbranched alkanes of at least 4 members (excludes halogenated alkanes) is 2. The number of carbonyl (C=O) groups excluding carboxylic acids is 1. The van der Waals surface area contributed by atoms with E-state index in [1.54, 1.807) is 0 Å². The summed E-state index contributed by atoms with van der Waals surface area (Å²) in [6.45, 7) is 7.39. The van der Waals surface area contributed by atoms with Gasteiger partial charge in [-0.1, -0.05) is 27.2 Å². The first-order chi connectivity index (χ1) is 9.41. The number of hydrogen-bond donors (Lipinski definition) is 2. The summed E-state index contributed by atoms with van der Waals surface area (Å²) in [5, 5.41) is 3.13. The first-order valence-corrected chi connectivity index (χ1v) is 9.32. The zero-order valence-electron chi connectivity index (χ0n) is 13.6. The van der Waals surface area contributed by atoms with Gasteiger partial charge in [0, 0.05) is 18.5 Å². The number of amides is 1. The second-order valence-corrected chi connectivity index (χ2v) is 7.73. The van der Waals surface area contributed by atoms with Crippen LogP contribution >= 0.6 is 11.8 Å². The zero-order valence-corrected chi connectivity index (χ0v) is 14.4. The van der Waals surface area contributed by atoms with Crippen LogP contribution in [-0.4, -0.2) is 30.5 Å². The molecule has 4 heteroatoms. The van der Waals surface area contributed by atoms with Gasteiger partial charge >= 0.3 is 0 Å². The lowest BCUT2D eigenvalue weighted by molar-refractivity contribution is -0.132. The number of nitrogens with one attached hydrogen (secondary N) is 1. The van der Waals surface area contributed by atoms with Crippen LogP contribution in [-0.2, 0) is 4.79 Å². The van der Waals surface area contributed by atoms with Crippen molar-refractivity contribution < 1.29 is 4.79 Å². The molecule has 0 radical (unpaired) electrons. The van der Waals surface area contributed by atoms with Gasteiger partial charge in [-0.05, 0) is 49.0 Å². The van der Waals surface area contributed by atoms with E-state index in [-0.39, 0.29) is 23.3 Å². The van der Waals surface area contributed by atoms with Crippen molar-refractivity contribution in [3.63, 3.8) is 0 Å². The van der Waals surface area contributed by atoms with Crippen molar-refractivity contribution in [2.45, 2.75) is 58.9 Å². The summed E-state index contributed by atoms with van der Waals surface area (Å²) in [6.07, 6.45) is 7.58. The average molecular weight is 301 g/mol. The molecule has 1 saturated carbocycles. The third-order valence-corrected chi connectivity index (χ3v) is 5.84. The van der Waals surface area contributed by atoms with Gasteiger partial charge in [-0.25, -0.2) is 0 Å². The number of nitrogens with two attached hydrogens (primary N) is 1. The van der Waals surface area contributed by atoms with Crippen LogP contribution in [0, 0.1) is 17.3 Å². The van der Waals surface area contributed by atoms with Crippen molar-refractivity contribution in [1.82, 2.24) is 5.32 Å². The van der Waals surface area contributed by atoms with E-state index < -0.39 is 0 Å². The first-order valence-electron chi connectivity index (χ1n) is 7.93. The quantitative estimate of drug-likeness (QED) is 0.711. The minimum absolute atomic E-state index is 0.000596. The van der Waals surface area contributed by atoms with E-state index >= 15 is 0 Å². The molecule has 1 aliphatic carbocycles. The highest BCUT2D eigenvalue weighted by molar-refractivity contribution is 7.98. The molecule has 0 aliphatic heterocycles. The van der Waals surface area contributed by atoms with Crippen LogP contribution < -0.4 is 11.1 Å². The molecule has 1 aliphatic rings. The Morgan fingerprint density at radius 1 is 1.30 bits per heavy atom. The van der Waals surface area contributed by atoms with Crippen molar-refractivity contribution in [2.75, 3.05) is 18.6 Å². The molecule has 1 amide bonds. The third-order valence-electron chi connectivity index (χ3n) is 5.14. The largest absolute Gasteiger partial charge is 0.356 e. The molecule has 0 aromatic rings. The van der Waals surface area contributed by atoms with Crippen LogP contribution in [0.1, 0.15) is 52.9 Å². The molecule has 0 saturated heterocycles. The summed E-state index contributed by atoms with van der Waals surface area (Å²) in [5.41, 5.74) is 6.15. The van der Waals surface area contributed by atoms with Gasteiger partial charge in [0.05, 0.1) is 0 Å². The van der Waals surface area contributed by atoms with Crippen molar-refractivity contribution in [1.29, 1.82) is 0 Å². The fourth-order valence-electron chi connectivity index (χ4n) is 3.20. The molecular formula is C16H32N2OS. The highest BCUT2D eigenvalue weighted by Crippen LogP contribution is 2.44. The maximum Gasteiger partial charge on any atom is 0.223 e. The summed E-state index contributed by atoms with van der Waals surface area (Å²) in [5.74, 6) is 1.97. The van der Waals surface area contributed by atoms with E-state index in [0.717, 1.165) is 25.8 Å². The van der Waals surface area contributed by atoms with E-state index in [4.69, 9.17) is 5.73 Å². The Balaban J connectivity index is 2.35. The molecule has 1 rings (SSSR count). The minimum atomic E-state index is 0.000596. The molecule has 118 valence electrons. The van der Waals surface area contributed by atoms with E-state index in [9.17, 15) is 4.79 Å². The molecule has 1 fully saturated rings. The van der Waals surface area contributed by atoms with Gasteiger partial charge in [-0.2, -0.15) is 11.8 Å². The topological polar surface area (TPSA) is 55.1 Å². The van der Waals surface area contributed by atoms with Crippen LogP contribution in [0.25, 0.3) is 0 Å². The molecule has 0 heterocycles. The molecule has 3 atom stereocenters. The van der Waals surface area contributed by atoms with Crippen LogP contribution in [0.4, 0.5) is 0 Å². The maximum atomic E-state index is 12.4. The summed E-state index contributed by atoms with van der Waals surface area (Å²) in [7, 11) is 0. The highest BCUT2D eigenvalue weighted by atomic mass is 32.2. The fraction of sp³-hybridized carbons (Fsp3) is 0.938. The Labute approximate surface area is 128 Å². The minimum Gasteiger partial charge on any atom is -0.356 e. The third kappa shape index (κ3) is 4.66. The Hall–Kier alpha value is -0.220. The molecule has 0 aromatic carbocycles. The van der Waals surface area contributed by atoms with E-state index in [0.29, 0.717) is 5.92 Å². The maximum absolute atomic E-state index is 12.4. The van der Waals surface area contributed by atoms with E-state index in [2.05, 4.69) is 32.3 Å². The second-order valence-electron chi connectivity index (χ2n) is 6.75. The van der Waals surface area contributed by atoms with E-state index in [1.807, 2.05) is 11.8 Å². The molecule has 3 nitrogen and oxygen atoms in total. The smallest absolute Gasteiger partial charge is 0.223 e. The predicted octanol–water partition coefficient (Wildman–Crippen LogP) is 3.04. The predicted molar refractivity (Wildman–Crippen MR) is 88.9 cm³/mol. The van der Waals surface area contributed by atoms with Gasteiger partial charge in [-0.15, -0.1) is 0 Å². The second kappa shape index (κ2) is 8.28. The summed E-state index contributed by atoms with van der Waals surface area (Å²) in [6, 6.07) is 0.237. The molecule has 0 spiro atoms. The Morgan fingerprint density at radius 2 is 2.00 bits per heavy atom. The lowest BCUT2D eigenvalue weighted by Gasteiger charge is -2.46. The summed E-state index contributed by atoms with van der Waals surface area (Å²) in [4.78, 5) is 12.4. The summed E-state index contributed by atoms with van der Waals surface area (Å²) < 4.78 is 0. The molecule has 3 unspecified atom stereocenters. The monoisotopic (exact) mass is 300 g/mol. The van der Waals surface area contributed by atoms with Gasteiger partial charge in [0.15, 0.2) is 0 Å². The van der Waals surface area contributed by atoms with Gasteiger partial charge in [-0.3, -0.25) is 4.79 Å². The van der Waals surface area contributed by atoms with Crippen LogP contribution in [0.3, 0.4) is 0 Å². The van der Waals surface area contributed by atoms with Crippen LogP contribution in [0.15, 0.2) is 0 Å². The van der Waals surface area contributed by atoms with Gasteiger partial charge in [0.2, 0.25) is 5.91 Å². The lowest BCUT2D eigenvalue weighted by Crippen LogP contribution is -2.51. The Kier molecular flexibility index (Phi) is 7.38. The Bertz CT molecular complexity index is 307. The Morgan fingerprint density at radius 3 is 2.65 bits per heavy atom. The number of rotatable bonds is 7. The van der Waals surface area contributed by atoms with Crippen LogP contribution in [0.2, 0.25) is 0 Å². The average Bonchev–Trinajstić information content (AvgIpc) is 2.40. The van der Waals surface area contributed by atoms with Crippen molar-refractivity contribution in [3.05, 3.63) is 0 Å². The molecule has 20 heavy (non-hydrogen) atoms. The summed E-state index contributed by atoms with van der Waals surface area (Å²) >= 11 is 1.89. The number of carbonyl (C=O) groups is 1. The molecule has 3 N–H and O–H groups in total. The highest BCUT2D eigenvalue weighted by Gasteiger charge is 2.44.